The van der Waals surface area contributed by atoms with Gasteiger partial charge in [0.1, 0.15) is 0 Å². The van der Waals surface area contributed by atoms with E-state index < -0.39 is 0 Å². The number of rotatable bonds is 9. The molecule has 1 rings (SSSR count). The summed E-state index contributed by atoms with van der Waals surface area (Å²) in [7, 11) is 1.76. The topological polar surface area (TPSA) is 24.5 Å². The van der Waals surface area contributed by atoms with Gasteiger partial charge in [-0.3, -0.25) is 0 Å². The van der Waals surface area contributed by atoms with Crippen molar-refractivity contribution in [2.75, 3.05) is 46.4 Å². The van der Waals surface area contributed by atoms with Crippen LogP contribution < -0.4 is 5.32 Å². The number of nitrogens with one attached hydrogen (secondary N) is 1. The number of nitrogens with zero attached hydrogens (tertiary/aromatic N) is 1. The molecule has 0 spiro atoms. The molecular weight excluding hydrogens is 212 g/mol. The third-order valence-corrected chi connectivity index (χ3v) is 3.70. The summed E-state index contributed by atoms with van der Waals surface area (Å²) in [5.41, 5.74) is 0. The minimum absolute atomic E-state index is 0.829. The summed E-state index contributed by atoms with van der Waals surface area (Å²) in [5.74, 6) is 0.884. The van der Waals surface area contributed by atoms with Gasteiger partial charge in [0, 0.05) is 13.7 Å². The maximum Gasteiger partial charge on any atom is 0.0587 e. The van der Waals surface area contributed by atoms with Crippen molar-refractivity contribution in [3.8, 4) is 0 Å². The molecule has 3 nitrogen and oxygen atoms in total. The van der Waals surface area contributed by atoms with E-state index in [0.717, 1.165) is 19.1 Å². The van der Waals surface area contributed by atoms with Crippen LogP contribution in [-0.2, 0) is 4.74 Å². The summed E-state index contributed by atoms with van der Waals surface area (Å²) in [6.07, 6.45) is 6.84. The fourth-order valence-corrected chi connectivity index (χ4v) is 2.48. The summed E-state index contributed by atoms with van der Waals surface area (Å²) < 4.78 is 5.03. The first-order valence-corrected chi connectivity index (χ1v) is 7.28. The van der Waals surface area contributed by atoms with Gasteiger partial charge in [-0.2, -0.15) is 0 Å². The molecule has 1 aliphatic rings. The molecule has 0 aromatic rings. The molecule has 0 atom stereocenters. The normalized spacial score (nSPS) is 18.7. The van der Waals surface area contributed by atoms with Crippen molar-refractivity contribution < 1.29 is 4.74 Å². The number of unbranched alkanes of at least 4 members (excludes halogenated alkanes) is 2. The Morgan fingerprint density at radius 1 is 1.24 bits per heavy atom. The van der Waals surface area contributed by atoms with Crippen LogP contribution in [0.3, 0.4) is 0 Å². The average Bonchev–Trinajstić information content (AvgIpc) is 2.37. The van der Waals surface area contributed by atoms with Crippen molar-refractivity contribution in [2.45, 2.75) is 39.0 Å². The quantitative estimate of drug-likeness (QED) is 0.627. The molecule has 1 heterocycles. The van der Waals surface area contributed by atoms with E-state index in [1.165, 1.54) is 58.3 Å². The molecule has 1 fully saturated rings. The van der Waals surface area contributed by atoms with Crippen LogP contribution in [0.25, 0.3) is 0 Å². The highest BCUT2D eigenvalue weighted by Crippen LogP contribution is 2.16. The predicted octanol–water partition coefficient (Wildman–Crippen LogP) is 2.12. The van der Waals surface area contributed by atoms with Crippen LogP contribution in [0.4, 0.5) is 0 Å². The van der Waals surface area contributed by atoms with E-state index >= 15 is 0 Å². The largest absolute Gasteiger partial charge is 0.383 e. The molecule has 0 bridgehead atoms. The van der Waals surface area contributed by atoms with Crippen molar-refractivity contribution in [3.05, 3.63) is 0 Å². The van der Waals surface area contributed by atoms with Gasteiger partial charge < -0.3 is 15.0 Å². The van der Waals surface area contributed by atoms with E-state index in [0.29, 0.717) is 0 Å². The van der Waals surface area contributed by atoms with Crippen molar-refractivity contribution in [2.24, 2.45) is 5.92 Å². The molecular formula is C14H30N2O. The third kappa shape index (κ3) is 7.02. The van der Waals surface area contributed by atoms with Gasteiger partial charge >= 0.3 is 0 Å². The van der Waals surface area contributed by atoms with E-state index in [1.807, 2.05) is 0 Å². The van der Waals surface area contributed by atoms with Crippen LogP contribution in [0.1, 0.15) is 39.0 Å². The van der Waals surface area contributed by atoms with E-state index in [9.17, 15) is 0 Å². The fraction of sp³-hybridized carbons (Fsp3) is 1.00. The number of piperidine rings is 1. The molecule has 0 aliphatic carbocycles. The van der Waals surface area contributed by atoms with E-state index in [-0.39, 0.29) is 0 Å². The second-order valence-electron chi connectivity index (χ2n) is 5.19. The summed E-state index contributed by atoms with van der Waals surface area (Å²) in [6, 6.07) is 0. The third-order valence-electron chi connectivity index (χ3n) is 3.70. The van der Waals surface area contributed by atoms with Crippen LogP contribution in [-0.4, -0.2) is 51.3 Å². The van der Waals surface area contributed by atoms with Gasteiger partial charge in [0.05, 0.1) is 6.61 Å². The zero-order valence-corrected chi connectivity index (χ0v) is 11.7. The molecule has 0 amide bonds. The Kier molecular flexibility index (Phi) is 8.67. The minimum Gasteiger partial charge on any atom is -0.383 e. The molecule has 0 aromatic carbocycles. The molecule has 17 heavy (non-hydrogen) atoms. The van der Waals surface area contributed by atoms with Gasteiger partial charge in [-0.05, 0) is 51.4 Å². The Hall–Kier alpha value is -0.120. The fourth-order valence-electron chi connectivity index (χ4n) is 2.48. The lowest BCUT2D eigenvalue weighted by atomic mass is 9.96. The molecule has 0 aromatic heterocycles. The molecule has 3 heteroatoms. The van der Waals surface area contributed by atoms with Gasteiger partial charge in [0.25, 0.3) is 0 Å². The lowest BCUT2D eigenvalue weighted by molar-refractivity contribution is 0.171. The molecule has 0 unspecified atom stereocenters. The number of hydrogen-bond acceptors (Lipinski definition) is 3. The highest BCUT2D eigenvalue weighted by molar-refractivity contribution is 4.73. The Balaban J connectivity index is 1.97. The van der Waals surface area contributed by atoms with Crippen LogP contribution in [0.15, 0.2) is 0 Å². The lowest BCUT2D eigenvalue weighted by Crippen LogP contribution is -2.38. The second kappa shape index (κ2) is 9.86. The average molecular weight is 242 g/mol. The van der Waals surface area contributed by atoms with Gasteiger partial charge in [-0.25, -0.2) is 0 Å². The van der Waals surface area contributed by atoms with E-state index in [4.69, 9.17) is 4.74 Å². The maximum absolute atomic E-state index is 5.03. The van der Waals surface area contributed by atoms with Crippen molar-refractivity contribution in [1.82, 2.24) is 10.2 Å². The van der Waals surface area contributed by atoms with Gasteiger partial charge in [-0.1, -0.05) is 19.8 Å². The number of likely N-dealkylation sites (tertiary alicyclic amines) is 1. The highest BCUT2D eigenvalue weighted by Gasteiger charge is 2.17. The SMILES string of the molecule is CCCCCN1CCC(CNCCOC)CC1. The monoisotopic (exact) mass is 242 g/mol. The zero-order valence-electron chi connectivity index (χ0n) is 11.7. The van der Waals surface area contributed by atoms with E-state index in [1.54, 1.807) is 7.11 Å². The Morgan fingerprint density at radius 2 is 2.00 bits per heavy atom. The predicted molar refractivity (Wildman–Crippen MR) is 73.4 cm³/mol. The standard InChI is InChI=1S/C14H30N2O/c1-3-4-5-9-16-10-6-14(7-11-16)13-15-8-12-17-2/h14-15H,3-13H2,1-2H3. The van der Waals surface area contributed by atoms with Crippen LogP contribution in [0, 0.1) is 5.92 Å². The Bertz CT molecular complexity index is 168. The van der Waals surface area contributed by atoms with Crippen LogP contribution >= 0.6 is 0 Å². The number of ether oxygens (including phenoxy) is 1. The molecule has 102 valence electrons. The second-order valence-corrected chi connectivity index (χ2v) is 5.19. The highest BCUT2D eigenvalue weighted by atomic mass is 16.5. The van der Waals surface area contributed by atoms with Crippen LogP contribution in [0.5, 0.6) is 0 Å². The van der Waals surface area contributed by atoms with Crippen molar-refractivity contribution >= 4 is 0 Å². The zero-order chi connectivity index (χ0) is 12.3. The smallest absolute Gasteiger partial charge is 0.0587 e. The first-order chi connectivity index (χ1) is 8.36. The minimum atomic E-state index is 0.829. The molecule has 0 radical (unpaired) electrons. The first-order valence-electron chi connectivity index (χ1n) is 7.28. The Labute approximate surface area is 107 Å². The lowest BCUT2D eigenvalue weighted by Gasteiger charge is -2.32. The van der Waals surface area contributed by atoms with Crippen molar-refractivity contribution in [1.29, 1.82) is 0 Å². The van der Waals surface area contributed by atoms with Gasteiger partial charge in [-0.15, -0.1) is 0 Å². The molecule has 1 saturated heterocycles. The summed E-state index contributed by atoms with van der Waals surface area (Å²) in [6.45, 7) is 9.20. The molecule has 1 aliphatic heterocycles. The van der Waals surface area contributed by atoms with Crippen LogP contribution in [0.2, 0.25) is 0 Å². The van der Waals surface area contributed by atoms with E-state index in [2.05, 4.69) is 17.1 Å². The molecule has 0 saturated carbocycles. The summed E-state index contributed by atoms with van der Waals surface area (Å²) >= 11 is 0. The summed E-state index contributed by atoms with van der Waals surface area (Å²) in [5, 5.41) is 3.48. The number of methoxy groups -OCH3 is 1. The van der Waals surface area contributed by atoms with Gasteiger partial charge in [0.2, 0.25) is 0 Å². The maximum atomic E-state index is 5.03. The number of hydrogen-bond donors (Lipinski definition) is 1. The first kappa shape index (κ1) is 14.9. The summed E-state index contributed by atoms with van der Waals surface area (Å²) in [4.78, 5) is 2.64. The Morgan fingerprint density at radius 3 is 2.65 bits per heavy atom. The van der Waals surface area contributed by atoms with Crippen molar-refractivity contribution in [3.63, 3.8) is 0 Å². The van der Waals surface area contributed by atoms with Gasteiger partial charge in [0.15, 0.2) is 0 Å². The molecule has 1 N–H and O–H groups in total.